The smallest absolute Gasteiger partial charge is 0.138 e. The first kappa shape index (κ1) is 8.69. The maximum absolute atomic E-state index is 5.85. The molecule has 1 saturated carbocycles. The Morgan fingerprint density at radius 2 is 2.23 bits per heavy atom. The van der Waals surface area contributed by atoms with Crippen molar-refractivity contribution in [2.24, 2.45) is 12.8 Å². The van der Waals surface area contributed by atoms with E-state index in [4.69, 9.17) is 5.73 Å². The summed E-state index contributed by atoms with van der Waals surface area (Å²) in [5.74, 6) is 1.06. The Morgan fingerprint density at radius 1 is 1.54 bits per heavy atom. The highest BCUT2D eigenvalue weighted by atomic mass is 15.3. The molecule has 1 heterocycles. The van der Waals surface area contributed by atoms with Crippen LogP contribution in [0.2, 0.25) is 0 Å². The van der Waals surface area contributed by atoms with Gasteiger partial charge in [0.25, 0.3) is 0 Å². The second-order valence-corrected chi connectivity index (χ2v) is 3.90. The number of hydrogen-bond donors (Lipinski definition) is 1. The maximum Gasteiger partial charge on any atom is 0.138 e. The van der Waals surface area contributed by atoms with Crippen LogP contribution in [-0.4, -0.2) is 21.3 Å². The average Bonchev–Trinajstić information content (AvgIpc) is 2.73. The van der Waals surface area contributed by atoms with Gasteiger partial charge in [-0.25, -0.2) is 4.98 Å². The lowest BCUT2D eigenvalue weighted by atomic mass is 9.85. The van der Waals surface area contributed by atoms with Crippen molar-refractivity contribution in [1.82, 2.24) is 14.8 Å². The van der Waals surface area contributed by atoms with Gasteiger partial charge in [-0.15, -0.1) is 0 Å². The molecule has 0 unspecified atom stereocenters. The summed E-state index contributed by atoms with van der Waals surface area (Å²) < 4.78 is 1.86. The molecule has 0 amide bonds. The predicted octanol–water partition coefficient (Wildman–Crippen LogP) is 0.586. The molecule has 0 atom stereocenters. The third-order valence-electron chi connectivity index (χ3n) is 3.14. The van der Waals surface area contributed by atoms with E-state index in [9.17, 15) is 0 Å². The Kier molecular flexibility index (Phi) is 2.07. The monoisotopic (exact) mass is 180 g/mol. The van der Waals surface area contributed by atoms with Crippen LogP contribution >= 0.6 is 0 Å². The van der Waals surface area contributed by atoms with Gasteiger partial charge in [-0.05, 0) is 12.8 Å². The van der Waals surface area contributed by atoms with Crippen molar-refractivity contribution in [2.45, 2.75) is 31.1 Å². The second-order valence-electron chi connectivity index (χ2n) is 3.90. The molecule has 4 heteroatoms. The summed E-state index contributed by atoms with van der Waals surface area (Å²) in [5.41, 5.74) is 5.96. The summed E-state index contributed by atoms with van der Waals surface area (Å²) in [6, 6.07) is 0. The van der Waals surface area contributed by atoms with Crippen molar-refractivity contribution in [3.63, 3.8) is 0 Å². The minimum Gasteiger partial charge on any atom is -0.329 e. The minimum absolute atomic E-state index is 0.116. The van der Waals surface area contributed by atoms with Gasteiger partial charge in [0.2, 0.25) is 0 Å². The summed E-state index contributed by atoms with van der Waals surface area (Å²) in [4.78, 5) is 4.31. The molecule has 0 aliphatic heterocycles. The first-order chi connectivity index (χ1) is 6.28. The van der Waals surface area contributed by atoms with Crippen LogP contribution in [0.3, 0.4) is 0 Å². The van der Waals surface area contributed by atoms with Gasteiger partial charge in [-0.1, -0.05) is 12.8 Å². The molecular formula is C9H16N4. The normalized spacial score (nSPS) is 20.8. The van der Waals surface area contributed by atoms with Gasteiger partial charge in [-0.2, -0.15) is 5.10 Å². The van der Waals surface area contributed by atoms with Crippen molar-refractivity contribution in [3.05, 3.63) is 12.2 Å². The van der Waals surface area contributed by atoms with Gasteiger partial charge >= 0.3 is 0 Å². The van der Waals surface area contributed by atoms with E-state index in [1.54, 1.807) is 6.33 Å². The number of rotatable bonds is 2. The van der Waals surface area contributed by atoms with Crippen molar-refractivity contribution < 1.29 is 0 Å². The first-order valence-corrected chi connectivity index (χ1v) is 4.83. The number of hydrogen-bond acceptors (Lipinski definition) is 3. The fourth-order valence-electron chi connectivity index (χ4n) is 2.35. The van der Waals surface area contributed by atoms with Crippen LogP contribution in [0.15, 0.2) is 6.33 Å². The van der Waals surface area contributed by atoms with Crippen molar-refractivity contribution in [2.75, 3.05) is 6.54 Å². The molecule has 1 aliphatic carbocycles. The molecule has 0 aromatic carbocycles. The van der Waals surface area contributed by atoms with Crippen LogP contribution in [0, 0.1) is 0 Å². The molecule has 0 spiro atoms. The third kappa shape index (κ3) is 1.25. The number of aromatic nitrogens is 3. The summed E-state index contributed by atoms with van der Waals surface area (Å²) in [5, 5.41) is 4.10. The Hall–Kier alpha value is -0.900. The van der Waals surface area contributed by atoms with Crippen molar-refractivity contribution in [3.8, 4) is 0 Å². The SMILES string of the molecule is Cn1ncnc1C1(CN)CCCC1. The molecule has 1 fully saturated rings. The van der Waals surface area contributed by atoms with Gasteiger partial charge < -0.3 is 5.73 Å². The van der Waals surface area contributed by atoms with Gasteiger partial charge in [0, 0.05) is 19.0 Å². The molecule has 0 bridgehead atoms. The van der Waals surface area contributed by atoms with Crippen LogP contribution in [-0.2, 0) is 12.5 Å². The van der Waals surface area contributed by atoms with Gasteiger partial charge in [0.15, 0.2) is 0 Å². The highest BCUT2D eigenvalue weighted by Crippen LogP contribution is 2.38. The lowest BCUT2D eigenvalue weighted by molar-refractivity contribution is 0.404. The number of nitrogens with zero attached hydrogens (tertiary/aromatic N) is 3. The Morgan fingerprint density at radius 3 is 2.69 bits per heavy atom. The Labute approximate surface area is 78.1 Å². The molecule has 13 heavy (non-hydrogen) atoms. The van der Waals surface area contributed by atoms with E-state index < -0.39 is 0 Å². The average molecular weight is 180 g/mol. The highest BCUT2D eigenvalue weighted by molar-refractivity contribution is 5.11. The second kappa shape index (κ2) is 3.10. The molecule has 4 nitrogen and oxygen atoms in total. The summed E-state index contributed by atoms with van der Waals surface area (Å²) >= 11 is 0. The number of aryl methyl sites for hydroxylation is 1. The van der Waals surface area contributed by atoms with Gasteiger partial charge in [0.05, 0.1) is 0 Å². The van der Waals surface area contributed by atoms with E-state index in [0.29, 0.717) is 6.54 Å². The van der Waals surface area contributed by atoms with E-state index in [2.05, 4.69) is 10.1 Å². The first-order valence-electron chi connectivity index (χ1n) is 4.83. The molecule has 2 rings (SSSR count). The van der Waals surface area contributed by atoms with Gasteiger partial charge in [0.1, 0.15) is 12.2 Å². The van der Waals surface area contributed by atoms with Crippen LogP contribution in [0.5, 0.6) is 0 Å². The molecule has 0 saturated heterocycles. The fourth-order valence-corrected chi connectivity index (χ4v) is 2.35. The summed E-state index contributed by atoms with van der Waals surface area (Å²) in [6.45, 7) is 0.694. The quantitative estimate of drug-likeness (QED) is 0.724. The van der Waals surface area contributed by atoms with Crippen molar-refractivity contribution >= 4 is 0 Å². The van der Waals surface area contributed by atoms with E-state index >= 15 is 0 Å². The molecule has 2 N–H and O–H groups in total. The standard InChI is InChI=1S/C9H16N4/c1-13-8(11-7-12-13)9(6-10)4-2-3-5-9/h7H,2-6,10H2,1H3. The van der Waals surface area contributed by atoms with Crippen LogP contribution in [0.25, 0.3) is 0 Å². The lowest BCUT2D eigenvalue weighted by Gasteiger charge is -2.25. The molecule has 1 aromatic heterocycles. The fraction of sp³-hybridized carbons (Fsp3) is 0.778. The van der Waals surface area contributed by atoms with E-state index in [1.165, 1.54) is 12.8 Å². The third-order valence-corrected chi connectivity index (χ3v) is 3.14. The van der Waals surface area contributed by atoms with Crippen molar-refractivity contribution in [1.29, 1.82) is 0 Å². The Balaban J connectivity index is 2.36. The molecule has 1 aromatic rings. The Bertz CT molecular complexity index is 286. The summed E-state index contributed by atoms with van der Waals surface area (Å²) in [7, 11) is 1.94. The van der Waals surface area contributed by atoms with Crippen LogP contribution in [0.1, 0.15) is 31.5 Å². The van der Waals surface area contributed by atoms with Gasteiger partial charge in [-0.3, -0.25) is 4.68 Å². The van der Waals surface area contributed by atoms with Crippen LogP contribution < -0.4 is 5.73 Å². The largest absolute Gasteiger partial charge is 0.329 e. The molecule has 1 aliphatic rings. The zero-order valence-corrected chi connectivity index (χ0v) is 8.03. The zero-order chi connectivity index (χ0) is 9.31. The number of nitrogens with two attached hydrogens (primary N) is 1. The molecule has 72 valence electrons. The highest BCUT2D eigenvalue weighted by Gasteiger charge is 2.37. The van der Waals surface area contributed by atoms with E-state index in [1.807, 2.05) is 11.7 Å². The molecule has 0 radical (unpaired) electrons. The van der Waals surface area contributed by atoms with E-state index in [-0.39, 0.29) is 5.41 Å². The topological polar surface area (TPSA) is 56.7 Å². The minimum atomic E-state index is 0.116. The predicted molar refractivity (Wildman–Crippen MR) is 50.2 cm³/mol. The maximum atomic E-state index is 5.85. The lowest BCUT2D eigenvalue weighted by Crippen LogP contribution is -2.34. The molecular weight excluding hydrogens is 164 g/mol. The van der Waals surface area contributed by atoms with E-state index in [0.717, 1.165) is 18.7 Å². The summed E-state index contributed by atoms with van der Waals surface area (Å²) in [6.07, 6.45) is 6.48. The zero-order valence-electron chi connectivity index (χ0n) is 8.03. The van der Waals surface area contributed by atoms with Crippen LogP contribution in [0.4, 0.5) is 0 Å².